The molecule has 0 saturated heterocycles. The first kappa shape index (κ1) is 90.7. The number of carboxylic acid groups (broad SMARTS) is 1. The fraction of sp³-hybridized carbons (Fsp3) is 0.733. The highest BCUT2D eigenvalue weighted by Crippen LogP contribution is 2.19. The third kappa shape index (κ3) is 76.9. The van der Waals surface area contributed by atoms with Crippen LogP contribution < -0.4 is 0 Å². The molecular weight excluding hydrogens is 1170 g/mol. The molecule has 0 fully saturated rings. The Morgan fingerprint density at radius 2 is 0.611 bits per heavy atom. The van der Waals surface area contributed by atoms with E-state index in [-0.39, 0.29) is 38.6 Å². The number of nitrogens with zero attached hydrogens (tertiary/aromatic N) is 1. The summed E-state index contributed by atoms with van der Waals surface area (Å²) < 4.78 is 22.9. The number of rotatable bonds is 73. The summed E-state index contributed by atoms with van der Waals surface area (Å²) in [6.45, 7) is 4.72. The minimum absolute atomic E-state index is 0.172. The minimum atomic E-state index is -1.53. The zero-order chi connectivity index (χ0) is 69.0. The lowest BCUT2D eigenvalue weighted by molar-refractivity contribution is -0.870. The van der Waals surface area contributed by atoms with Crippen LogP contribution in [0.4, 0.5) is 0 Å². The molecule has 1 N–H and O–H groups in total. The normalized spacial score (nSPS) is 13.3. The lowest BCUT2D eigenvalue weighted by Crippen LogP contribution is -2.40. The van der Waals surface area contributed by atoms with Gasteiger partial charge in [0.1, 0.15) is 13.2 Å². The van der Waals surface area contributed by atoms with Crippen LogP contribution in [0.2, 0.25) is 0 Å². The molecule has 0 heterocycles. The average molecular weight is 1330 g/mol. The Morgan fingerprint density at radius 3 is 0.937 bits per heavy atom. The summed E-state index contributed by atoms with van der Waals surface area (Å²) in [7, 11) is 5.96. The summed E-state index contributed by atoms with van der Waals surface area (Å²) in [5.41, 5.74) is 0. The Morgan fingerprint density at radius 1 is 0.326 bits per heavy atom. The van der Waals surface area contributed by atoms with Crippen LogP contribution in [0, 0.1) is 0 Å². The molecule has 0 aromatic rings. The summed E-state index contributed by atoms with van der Waals surface area (Å²) in [6, 6.07) is 0. The predicted octanol–water partition coefficient (Wildman–Crippen LogP) is 25.5. The predicted molar refractivity (Wildman–Crippen MR) is 410 cm³/mol. The molecule has 0 aliphatic carbocycles. The van der Waals surface area contributed by atoms with Crippen molar-refractivity contribution in [1.82, 2.24) is 0 Å². The summed E-state index contributed by atoms with van der Waals surface area (Å²) in [5.74, 6) is -2.08. The standard InChI is InChI=1S/C86H149NO8/c1-6-8-10-12-14-16-18-20-22-24-26-28-30-32-34-36-37-38-39-40-41-42-43-44-45-46-47-49-50-52-54-56-58-60-62-64-66-68-70-72-74-76-83(88)93-80-82(81-94-86(85(90)91)92-79-78-87(3,4)5)95-84(89)77-75-73-71-69-67-65-63-61-59-57-55-53-51-48-35-33-31-29-27-25-23-21-19-17-15-13-11-9-7-2/h9,11,15,17,21,23-24,26-27,29,33,35,51,53,57,59,63,65,69,71,82,86H,6-8,10,12-14,16,18-20,22,25,28,30-32,34,36-50,52,54-56,58,60-62,64,66-68,70,72-81H2,1-5H3/p+1/b11-9-,17-15-,23-21-,26-24-,29-27-,35-33-,53-51-,59-57-,65-63-,71-69-. The third-order valence-corrected chi connectivity index (χ3v) is 17.2. The monoisotopic (exact) mass is 1330 g/mol. The summed E-state index contributed by atoms with van der Waals surface area (Å²) in [4.78, 5) is 37.7. The highest BCUT2D eigenvalue weighted by molar-refractivity contribution is 5.71. The lowest BCUT2D eigenvalue weighted by Gasteiger charge is -2.25. The maximum absolute atomic E-state index is 12.9. The van der Waals surface area contributed by atoms with E-state index >= 15 is 0 Å². The maximum atomic E-state index is 12.9. The van der Waals surface area contributed by atoms with Crippen LogP contribution in [0.15, 0.2) is 122 Å². The largest absolute Gasteiger partial charge is 0.477 e. The Kier molecular flexibility index (Phi) is 72.0. The Labute approximate surface area is 587 Å². The molecule has 0 aliphatic heterocycles. The van der Waals surface area contributed by atoms with Crippen molar-refractivity contribution in [2.75, 3.05) is 47.5 Å². The molecule has 0 amide bonds. The van der Waals surface area contributed by atoms with Gasteiger partial charge in [0.05, 0.1) is 34.4 Å². The van der Waals surface area contributed by atoms with Gasteiger partial charge < -0.3 is 28.5 Å². The van der Waals surface area contributed by atoms with Crippen molar-refractivity contribution < 1.29 is 42.9 Å². The Hall–Kier alpha value is -4.31. The van der Waals surface area contributed by atoms with Gasteiger partial charge in [0.2, 0.25) is 0 Å². The van der Waals surface area contributed by atoms with Crippen LogP contribution in [0.1, 0.15) is 348 Å². The van der Waals surface area contributed by atoms with Crippen LogP contribution in [0.3, 0.4) is 0 Å². The first-order chi connectivity index (χ1) is 46.6. The molecule has 0 radical (unpaired) electrons. The van der Waals surface area contributed by atoms with Crippen LogP contribution in [0.5, 0.6) is 0 Å². The molecule has 546 valence electrons. The van der Waals surface area contributed by atoms with E-state index in [1.165, 1.54) is 231 Å². The number of likely N-dealkylation sites (N-methyl/N-ethyl adjacent to an activating group) is 1. The van der Waals surface area contributed by atoms with Crippen molar-refractivity contribution >= 4 is 17.9 Å². The van der Waals surface area contributed by atoms with Gasteiger partial charge in [-0.15, -0.1) is 0 Å². The number of carbonyl (C=O) groups excluding carboxylic acids is 2. The van der Waals surface area contributed by atoms with E-state index in [4.69, 9.17) is 18.9 Å². The van der Waals surface area contributed by atoms with Crippen molar-refractivity contribution in [3.05, 3.63) is 122 Å². The number of unbranched alkanes of at least 4 members (excludes halogenated alkanes) is 38. The molecule has 0 aromatic heterocycles. The molecule has 2 unspecified atom stereocenters. The molecule has 0 rings (SSSR count). The SMILES string of the molecule is CC/C=C\C/C=C\C/C=C\C/C=C\C/C=C\C/C=C\C/C=C\C/C=C\C/C=C\CCCC(=O)OC(COC(=O)CCCCCCCCCCCCCCCCCCCCCCCCCCCCCCC/C=C\CCCCCCCCCC)COC(OCC[N+](C)(C)C)C(=O)O. The Balaban J connectivity index is 4.06. The van der Waals surface area contributed by atoms with Crippen LogP contribution in [-0.2, 0) is 33.3 Å². The van der Waals surface area contributed by atoms with Gasteiger partial charge in [-0.1, -0.05) is 354 Å². The van der Waals surface area contributed by atoms with Gasteiger partial charge in [-0.3, -0.25) is 9.59 Å². The quantitative estimate of drug-likeness (QED) is 0.0211. The van der Waals surface area contributed by atoms with E-state index in [1.54, 1.807) is 0 Å². The summed E-state index contributed by atoms with van der Waals surface area (Å²) in [5, 5.41) is 9.76. The van der Waals surface area contributed by atoms with Crippen molar-refractivity contribution in [2.24, 2.45) is 0 Å². The van der Waals surface area contributed by atoms with Crippen molar-refractivity contribution in [2.45, 2.75) is 360 Å². The highest BCUT2D eigenvalue weighted by atomic mass is 16.7. The van der Waals surface area contributed by atoms with Crippen molar-refractivity contribution in [1.29, 1.82) is 0 Å². The third-order valence-electron chi connectivity index (χ3n) is 17.2. The van der Waals surface area contributed by atoms with Crippen LogP contribution >= 0.6 is 0 Å². The number of hydrogen-bond acceptors (Lipinski definition) is 7. The number of carbonyl (C=O) groups is 3. The van der Waals surface area contributed by atoms with Gasteiger partial charge in [0.15, 0.2) is 6.10 Å². The molecule has 9 heteroatoms. The van der Waals surface area contributed by atoms with E-state index in [9.17, 15) is 19.5 Å². The van der Waals surface area contributed by atoms with Crippen molar-refractivity contribution in [3.8, 4) is 0 Å². The number of ether oxygens (including phenoxy) is 4. The molecule has 0 aromatic carbocycles. The van der Waals surface area contributed by atoms with E-state index in [0.29, 0.717) is 23.9 Å². The number of allylic oxidation sites excluding steroid dienone is 20. The first-order valence-corrected chi connectivity index (χ1v) is 39.7. The van der Waals surface area contributed by atoms with E-state index in [0.717, 1.165) is 77.0 Å². The second-order valence-electron chi connectivity index (χ2n) is 27.6. The molecule has 0 bridgehead atoms. The van der Waals surface area contributed by atoms with Gasteiger partial charge in [0, 0.05) is 12.8 Å². The van der Waals surface area contributed by atoms with Crippen molar-refractivity contribution in [3.63, 3.8) is 0 Å². The summed E-state index contributed by atoms with van der Waals surface area (Å²) in [6.07, 6.45) is 105. The average Bonchev–Trinajstić information content (AvgIpc) is 2.86. The smallest absolute Gasteiger partial charge is 0.361 e. The van der Waals surface area contributed by atoms with Gasteiger partial charge in [0.25, 0.3) is 6.29 Å². The fourth-order valence-electron chi connectivity index (χ4n) is 11.2. The lowest BCUT2D eigenvalue weighted by atomic mass is 10.0. The second kappa shape index (κ2) is 75.5. The van der Waals surface area contributed by atoms with Gasteiger partial charge in [-0.05, 0) is 103 Å². The first-order valence-electron chi connectivity index (χ1n) is 39.7. The molecule has 0 saturated carbocycles. The number of carboxylic acids is 1. The number of hydrogen-bond donors (Lipinski definition) is 1. The van der Waals surface area contributed by atoms with E-state index in [2.05, 4.69) is 135 Å². The Bertz CT molecular complexity index is 1980. The fourth-order valence-corrected chi connectivity index (χ4v) is 11.2. The highest BCUT2D eigenvalue weighted by Gasteiger charge is 2.25. The van der Waals surface area contributed by atoms with E-state index in [1.807, 2.05) is 21.1 Å². The second-order valence-corrected chi connectivity index (χ2v) is 27.6. The topological polar surface area (TPSA) is 108 Å². The molecule has 0 spiro atoms. The van der Waals surface area contributed by atoms with Gasteiger partial charge in [-0.25, -0.2) is 4.79 Å². The van der Waals surface area contributed by atoms with Crippen LogP contribution in [0.25, 0.3) is 0 Å². The van der Waals surface area contributed by atoms with E-state index < -0.39 is 24.3 Å². The van der Waals surface area contributed by atoms with Gasteiger partial charge >= 0.3 is 17.9 Å². The zero-order valence-corrected chi connectivity index (χ0v) is 62.6. The van der Waals surface area contributed by atoms with Gasteiger partial charge in [-0.2, -0.15) is 0 Å². The molecule has 95 heavy (non-hydrogen) atoms. The summed E-state index contributed by atoms with van der Waals surface area (Å²) >= 11 is 0. The maximum Gasteiger partial charge on any atom is 0.361 e. The molecule has 0 aliphatic rings. The number of esters is 2. The molecular formula is C86H150NO8+. The molecule has 9 nitrogen and oxygen atoms in total. The minimum Gasteiger partial charge on any atom is -0.477 e. The zero-order valence-electron chi connectivity index (χ0n) is 62.6. The molecule has 2 atom stereocenters. The van der Waals surface area contributed by atoms with Crippen LogP contribution in [-0.4, -0.2) is 87.4 Å². The number of quaternary nitrogens is 1. The number of aliphatic carboxylic acids is 1.